The molecule has 0 aliphatic carbocycles. The van der Waals surface area contributed by atoms with Crippen molar-refractivity contribution >= 4 is 11.3 Å². The van der Waals surface area contributed by atoms with Gasteiger partial charge >= 0.3 is 0 Å². The van der Waals surface area contributed by atoms with Crippen molar-refractivity contribution in [1.29, 1.82) is 0 Å². The molecule has 2 aromatic rings. The average Bonchev–Trinajstić information content (AvgIpc) is 2.81. The lowest BCUT2D eigenvalue weighted by molar-refractivity contribution is 0.580. The summed E-state index contributed by atoms with van der Waals surface area (Å²) >= 11 is 1.82. The van der Waals surface area contributed by atoms with Crippen LogP contribution in [-0.4, -0.2) is 11.5 Å². The van der Waals surface area contributed by atoms with E-state index in [1.807, 2.05) is 11.3 Å². The monoisotopic (exact) mass is 274 g/mol. The Hall–Kier alpha value is -1.19. The predicted octanol–water partition coefficient (Wildman–Crippen LogP) is 4.22. The molecule has 0 unspecified atom stereocenters. The van der Waals surface area contributed by atoms with Crippen molar-refractivity contribution in [3.05, 3.63) is 41.0 Å². The minimum atomic E-state index is 0.110. The molecular weight excluding hydrogens is 252 g/mol. The van der Waals surface area contributed by atoms with Crippen LogP contribution in [0.5, 0.6) is 0 Å². The Morgan fingerprint density at radius 3 is 2.42 bits per heavy atom. The van der Waals surface area contributed by atoms with E-state index >= 15 is 0 Å². The molecule has 0 spiro atoms. The summed E-state index contributed by atoms with van der Waals surface area (Å²) in [5, 5.41) is 4.59. The predicted molar refractivity (Wildman–Crippen MR) is 83.6 cm³/mol. The summed E-state index contributed by atoms with van der Waals surface area (Å²) in [6.07, 6.45) is 0. The van der Waals surface area contributed by atoms with Crippen LogP contribution in [0.25, 0.3) is 10.4 Å². The van der Waals surface area contributed by atoms with Crippen LogP contribution in [0.15, 0.2) is 30.3 Å². The van der Waals surface area contributed by atoms with Gasteiger partial charge in [0.2, 0.25) is 0 Å². The molecule has 0 aliphatic rings. The first-order valence-electron chi connectivity index (χ1n) is 6.78. The van der Waals surface area contributed by atoms with E-state index in [4.69, 9.17) is 4.98 Å². The summed E-state index contributed by atoms with van der Waals surface area (Å²) in [4.78, 5) is 6.15. The normalized spacial score (nSPS) is 11.8. The topological polar surface area (TPSA) is 24.9 Å². The summed E-state index contributed by atoms with van der Waals surface area (Å²) in [5.74, 6) is 0. The largest absolute Gasteiger partial charge is 0.311 e. The Balaban J connectivity index is 2.43. The minimum Gasteiger partial charge on any atom is -0.311 e. The molecule has 1 aromatic carbocycles. The van der Waals surface area contributed by atoms with Gasteiger partial charge in [0.25, 0.3) is 0 Å². The van der Waals surface area contributed by atoms with Crippen LogP contribution in [0.4, 0.5) is 0 Å². The lowest BCUT2D eigenvalue weighted by atomic mass is 9.98. The van der Waals surface area contributed by atoms with E-state index < -0.39 is 0 Å². The maximum atomic E-state index is 4.85. The summed E-state index contributed by atoms with van der Waals surface area (Å²) in [7, 11) is 0. The highest BCUT2D eigenvalue weighted by Crippen LogP contribution is 2.35. The first kappa shape index (κ1) is 14.2. The Morgan fingerprint density at radius 2 is 1.84 bits per heavy atom. The van der Waals surface area contributed by atoms with Crippen molar-refractivity contribution in [3.8, 4) is 10.4 Å². The standard InChI is InChI=1S/C16H22N2S/c1-5-17-11-13-14(12-9-7-6-8-10-12)19-15(18-13)16(2,3)4/h6-10,17H,5,11H2,1-4H3. The van der Waals surface area contributed by atoms with Crippen LogP contribution >= 0.6 is 11.3 Å². The van der Waals surface area contributed by atoms with Crippen molar-refractivity contribution < 1.29 is 0 Å². The minimum absolute atomic E-state index is 0.110. The van der Waals surface area contributed by atoms with E-state index in [9.17, 15) is 0 Å². The highest BCUT2D eigenvalue weighted by Gasteiger charge is 2.21. The van der Waals surface area contributed by atoms with Crippen molar-refractivity contribution in [1.82, 2.24) is 10.3 Å². The first-order chi connectivity index (χ1) is 9.02. The summed E-state index contributed by atoms with van der Waals surface area (Å²) in [6, 6.07) is 10.6. The van der Waals surface area contributed by atoms with Crippen LogP contribution in [0.2, 0.25) is 0 Å². The third-order valence-electron chi connectivity index (χ3n) is 2.92. The molecule has 0 atom stereocenters. The van der Waals surface area contributed by atoms with Crippen LogP contribution < -0.4 is 5.32 Å². The van der Waals surface area contributed by atoms with Gasteiger partial charge in [0.05, 0.1) is 15.6 Å². The second-order valence-electron chi connectivity index (χ2n) is 5.69. The molecule has 3 heteroatoms. The van der Waals surface area contributed by atoms with Gasteiger partial charge in [-0.2, -0.15) is 0 Å². The van der Waals surface area contributed by atoms with Gasteiger partial charge in [0.1, 0.15) is 0 Å². The highest BCUT2D eigenvalue weighted by molar-refractivity contribution is 7.15. The van der Waals surface area contributed by atoms with Gasteiger partial charge in [-0.05, 0) is 12.1 Å². The molecule has 0 aliphatic heterocycles. The zero-order chi connectivity index (χ0) is 13.9. The lowest BCUT2D eigenvalue weighted by Crippen LogP contribution is -2.14. The fourth-order valence-corrected chi connectivity index (χ4v) is 3.00. The fourth-order valence-electron chi connectivity index (χ4n) is 1.85. The van der Waals surface area contributed by atoms with Crippen molar-refractivity contribution in [3.63, 3.8) is 0 Å². The first-order valence-corrected chi connectivity index (χ1v) is 7.60. The van der Waals surface area contributed by atoms with E-state index in [0.29, 0.717) is 0 Å². The molecular formula is C16H22N2S. The number of nitrogens with one attached hydrogen (secondary N) is 1. The fraction of sp³-hybridized carbons (Fsp3) is 0.438. The van der Waals surface area contributed by atoms with Crippen LogP contribution in [-0.2, 0) is 12.0 Å². The maximum Gasteiger partial charge on any atom is 0.0988 e. The molecule has 0 bridgehead atoms. The zero-order valence-corrected chi connectivity index (χ0v) is 13.0. The molecule has 0 amide bonds. The van der Waals surface area contributed by atoms with E-state index in [2.05, 4.69) is 63.3 Å². The van der Waals surface area contributed by atoms with Gasteiger partial charge in [-0.25, -0.2) is 4.98 Å². The number of nitrogens with zero attached hydrogens (tertiary/aromatic N) is 1. The van der Waals surface area contributed by atoms with Crippen molar-refractivity contribution in [2.24, 2.45) is 0 Å². The lowest BCUT2D eigenvalue weighted by Gasteiger charge is -2.13. The molecule has 102 valence electrons. The van der Waals surface area contributed by atoms with E-state index in [1.54, 1.807) is 0 Å². The molecule has 2 rings (SSSR count). The SMILES string of the molecule is CCNCc1nc(C(C)(C)C)sc1-c1ccccc1. The Bertz CT molecular complexity index is 523. The maximum absolute atomic E-state index is 4.85. The number of benzene rings is 1. The summed E-state index contributed by atoms with van der Waals surface area (Å²) in [6.45, 7) is 10.6. The molecule has 1 heterocycles. The molecule has 19 heavy (non-hydrogen) atoms. The average molecular weight is 274 g/mol. The number of thiazole rings is 1. The van der Waals surface area contributed by atoms with Gasteiger partial charge in [-0.15, -0.1) is 11.3 Å². The van der Waals surface area contributed by atoms with Gasteiger partial charge < -0.3 is 5.32 Å². The van der Waals surface area contributed by atoms with Crippen LogP contribution in [0.3, 0.4) is 0 Å². The Labute approximate surface area is 119 Å². The van der Waals surface area contributed by atoms with E-state index in [-0.39, 0.29) is 5.41 Å². The quantitative estimate of drug-likeness (QED) is 0.903. The van der Waals surface area contributed by atoms with E-state index in [1.165, 1.54) is 21.1 Å². The van der Waals surface area contributed by atoms with Gasteiger partial charge in [0.15, 0.2) is 0 Å². The summed E-state index contributed by atoms with van der Waals surface area (Å²) in [5.41, 5.74) is 2.55. The van der Waals surface area contributed by atoms with Gasteiger partial charge in [-0.1, -0.05) is 58.0 Å². The zero-order valence-electron chi connectivity index (χ0n) is 12.2. The van der Waals surface area contributed by atoms with Crippen molar-refractivity contribution in [2.45, 2.75) is 39.7 Å². The molecule has 0 saturated carbocycles. The molecule has 0 radical (unpaired) electrons. The molecule has 1 N–H and O–H groups in total. The number of hydrogen-bond donors (Lipinski definition) is 1. The summed E-state index contributed by atoms with van der Waals surface area (Å²) < 4.78 is 0. The number of rotatable bonds is 4. The second-order valence-corrected chi connectivity index (χ2v) is 6.69. The van der Waals surface area contributed by atoms with Crippen LogP contribution in [0.1, 0.15) is 38.4 Å². The third-order valence-corrected chi connectivity index (χ3v) is 4.49. The molecule has 0 fully saturated rings. The third kappa shape index (κ3) is 3.43. The Kier molecular flexibility index (Phi) is 4.38. The van der Waals surface area contributed by atoms with Gasteiger partial charge in [-0.3, -0.25) is 0 Å². The van der Waals surface area contributed by atoms with Crippen molar-refractivity contribution in [2.75, 3.05) is 6.54 Å². The highest BCUT2D eigenvalue weighted by atomic mass is 32.1. The smallest absolute Gasteiger partial charge is 0.0988 e. The molecule has 1 aromatic heterocycles. The number of aromatic nitrogens is 1. The van der Waals surface area contributed by atoms with Crippen LogP contribution in [0, 0.1) is 0 Å². The number of hydrogen-bond acceptors (Lipinski definition) is 3. The van der Waals surface area contributed by atoms with Gasteiger partial charge in [0, 0.05) is 12.0 Å². The molecule has 0 saturated heterocycles. The Morgan fingerprint density at radius 1 is 1.16 bits per heavy atom. The second kappa shape index (κ2) is 5.85. The van der Waals surface area contributed by atoms with E-state index in [0.717, 1.165) is 13.1 Å². The molecule has 2 nitrogen and oxygen atoms in total.